The molecule has 1 N–H and O–H groups in total. The molecule has 0 atom stereocenters. The van der Waals surface area contributed by atoms with Crippen LogP contribution in [0.2, 0.25) is 0 Å². The average molecular weight is 377 g/mol. The summed E-state index contributed by atoms with van der Waals surface area (Å²) in [5.41, 5.74) is 2.51. The van der Waals surface area contributed by atoms with Gasteiger partial charge in [0.25, 0.3) is 0 Å². The molecule has 20 heavy (non-hydrogen) atoms. The van der Waals surface area contributed by atoms with Crippen molar-refractivity contribution in [1.29, 1.82) is 0 Å². The molecule has 1 aromatic heterocycles. The van der Waals surface area contributed by atoms with E-state index in [0.717, 1.165) is 21.0 Å². The van der Waals surface area contributed by atoms with Crippen LogP contribution in [0.5, 0.6) is 0 Å². The van der Waals surface area contributed by atoms with Gasteiger partial charge in [0.05, 0.1) is 11.1 Å². The molecule has 3 rings (SSSR count). The molecule has 3 nitrogen and oxygen atoms in total. The van der Waals surface area contributed by atoms with Crippen LogP contribution in [0.25, 0.3) is 10.9 Å². The molecule has 0 amide bonds. The van der Waals surface area contributed by atoms with E-state index in [1.807, 2.05) is 30.5 Å². The average Bonchev–Trinajstić information content (AvgIpc) is 2.77. The van der Waals surface area contributed by atoms with Gasteiger partial charge in [-0.05, 0) is 40.3 Å². The maximum Gasteiger partial charge on any atom is 0.336 e. The zero-order valence-electron chi connectivity index (χ0n) is 10.6. The molecule has 0 radical (unpaired) electrons. The van der Waals surface area contributed by atoms with Crippen LogP contribution < -0.4 is 0 Å². The maximum atomic E-state index is 11.3. The third-order valence-corrected chi connectivity index (χ3v) is 4.10. The van der Waals surface area contributed by atoms with Gasteiger partial charge in [-0.15, -0.1) is 0 Å². The minimum absolute atomic E-state index is 0.360. The van der Waals surface area contributed by atoms with E-state index in [0.29, 0.717) is 5.56 Å². The van der Waals surface area contributed by atoms with Crippen LogP contribution in [-0.4, -0.2) is 15.6 Å². The number of benzene rings is 2. The number of carbonyl (C=O) groups is 1. The molecular weight excluding hydrogens is 365 g/mol. The summed E-state index contributed by atoms with van der Waals surface area (Å²) in [7, 11) is 0. The first-order chi connectivity index (χ1) is 9.66. The Hall–Kier alpha value is -1.82. The minimum atomic E-state index is -0.883. The van der Waals surface area contributed by atoms with Crippen molar-refractivity contribution < 1.29 is 9.90 Å². The molecule has 2 aromatic carbocycles. The van der Waals surface area contributed by atoms with Gasteiger partial charge in [0, 0.05) is 21.7 Å². The van der Waals surface area contributed by atoms with E-state index < -0.39 is 5.97 Å². The summed E-state index contributed by atoms with van der Waals surface area (Å²) in [5.74, 6) is -0.883. The third kappa shape index (κ3) is 2.31. The van der Waals surface area contributed by atoms with Gasteiger partial charge < -0.3 is 9.67 Å². The lowest BCUT2D eigenvalue weighted by Gasteiger charge is -2.06. The molecule has 0 aliphatic heterocycles. The van der Waals surface area contributed by atoms with Gasteiger partial charge in [-0.1, -0.05) is 36.4 Å². The van der Waals surface area contributed by atoms with E-state index in [1.54, 1.807) is 12.1 Å². The summed E-state index contributed by atoms with van der Waals surface area (Å²) in [5, 5.41) is 10.1. The normalized spacial score (nSPS) is 10.8. The van der Waals surface area contributed by atoms with Gasteiger partial charge in [-0.2, -0.15) is 0 Å². The lowest BCUT2D eigenvalue weighted by molar-refractivity contribution is 0.0699. The molecule has 0 aliphatic rings. The lowest BCUT2D eigenvalue weighted by Crippen LogP contribution is -1.99. The molecule has 0 aliphatic carbocycles. The molecule has 0 bridgehead atoms. The van der Waals surface area contributed by atoms with Gasteiger partial charge in [0.1, 0.15) is 0 Å². The largest absolute Gasteiger partial charge is 0.478 e. The highest BCUT2D eigenvalue weighted by Gasteiger charge is 2.14. The Bertz CT molecular complexity index is 778. The van der Waals surface area contributed by atoms with Crippen molar-refractivity contribution in [2.45, 2.75) is 6.54 Å². The number of aromatic carboxylic acids is 1. The first-order valence-corrected chi connectivity index (χ1v) is 7.29. The van der Waals surface area contributed by atoms with Crippen molar-refractivity contribution in [3.8, 4) is 0 Å². The quantitative estimate of drug-likeness (QED) is 0.702. The first kappa shape index (κ1) is 13.2. The lowest BCUT2D eigenvalue weighted by atomic mass is 10.1. The second-order valence-electron chi connectivity index (χ2n) is 4.60. The monoisotopic (exact) mass is 377 g/mol. The van der Waals surface area contributed by atoms with E-state index in [-0.39, 0.29) is 0 Å². The number of hydrogen-bond donors (Lipinski definition) is 1. The van der Waals surface area contributed by atoms with Crippen LogP contribution in [0, 0.1) is 3.57 Å². The molecule has 100 valence electrons. The van der Waals surface area contributed by atoms with Gasteiger partial charge in [0.2, 0.25) is 0 Å². The highest BCUT2D eigenvalue weighted by molar-refractivity contribution is 14.1. The van der Waals surface area contributed by atoms with Crippen molar-refractivity contribution in [1.82, 2.24) is 4.57 Å². The number of carboxylic acid groups (broad SMARTS) is 1. The minimum Gasteiger partial charge on any atom is -0.478 e. The third-order valence-electron chi connectivity index (χ3n) is 3.29. The number of halogens is 1. The number of fused-ring (bicyclic) bond motifs is 1. The Kier molecular flexibility index (Phi) is 3.48. The summed E-state index contributed by atoms with van der Waals surface area (Å²) in [6, 6.07) is 15.6. The van der Waals surface area contributed by atoms with Gasteiger partial charge in [-0.3, -0.25) is 0 Å². The van der Waals surface area contributed by atoms with Crippen molar-refractivity contribution in [3.05, 3.63) is 69.4 Å². The van der Waals surface area contributed by atoms with E-state index in [2.05, 4.69) is 39.3 Å². The summed E-state index contributed by atoms with van der Waals surface area (Å²) in [6.45, 7) is 0.739. The van der Waals surface area contributed by atoms with Gasteiger partial charge >= 0.3 is 5.97 Å². The number of carboxylic acids is 1. The summed E-state index contributed by atoms with van der Waals surface area (Å²) < 4.78 is 3.06. The topological polar surface area (TPSA) is 42.2 Å². The van der Waals surface area contributed by atoms with E-state index in [9.17, 15) is 9.90 Å². The fraction of sp³-hybridized carbons (Fsp3) is 0.0625. The molecular formula is C16H12INO2. The Balaban J connectivity index is 2.14. The maximum absolute atomic E-state index is 11.3. The van der Waals surface area contributed by atoms with E-state index in [1.165, 1.54) is 5.56 Å². The molecule has 0 spiro atoms. The molecule has 0 saturated heterocycles. The van der Waals surface area contributed by atoms with Crippen molar-refractivity contribution in [2.24, 2.45) is 0 Å². The molecule has 0 saturated carbocycles. The van der Waals surface area contributed by atoms with Crippen LogP contribution in [0.3, 0.4) is 0 Å². The van der Waals surface area contributed by atoms with Crippen molar-refractivity contribution in [3.63, 3.8) is 0 Å². The Morgan fingerprint density at radius 3 is 2.55 bits per heavy atom. The predicted molar refractivity (Wildman–Crippen MR) is 87.2 cm³/mol. The SMILES string of the molecule is O=C(O)c1cccc2c1c(I)cn2Cc1ccccc1. The zero-order valence-corrected chi connectivity index (χ0v) is 12.7. The standard InChI is InChI=1S/C16H12INO2/c17-13-10-18(9-11-5-2-1-3-6-11)14-8-4-7-12(15(13)14)16(19)20/h1-8,10H,9H2,(H,19,20). The second-order valence-corrected chi connectivity index (χ2v) is 5.76. The van der Waals surface area contributed by atoms with Crippen LogP contribution >= 0.6 is 22.6 Å². The number of aromatic nitrogens is 1. The first-order valence-electron chi connectivity index (χ1n) is 6.21. The highest BCUT2D eigenvalue weighted by Crippen LogP contribution is 2.27. The zero-order chi connectivity index (χ0) is 14.1. The summed E-state index contributed by atoms with van der Waals surface area (Å²) in [4.78, 5) is 11.3. The number of hydrogen-bond acceptors (Lipinski definition) is 1. The van der Waals surface area contributed by atoms with E-state index >= 15 is 0 Å². The van der Waals surface area contributed by atoms with Crippen LogP contribution in [0.1, 0.15) is 15.9 Å². The fourth-order valence-electron chi connectivity index (χ4n) is 2.39. The van der Waals surface area contributed by atoms with Crippen molar-refractivity contribution in [2.75, 3.05) is 0 Å². The van der Waals surface area contributed by atoms with Gasteiger partial charge in [0.15, 0.2) is 0 Å². The van der Waals surface area contributed by atoms with Gasteiger partial charge in [-0.25, -0.2) is 4.79 Å². The molecule has 1 heterocycles. The Morgan fingerprint density at radius 2 is 1.85 bits per heavy atom. The molecule has 3 aromatic rings. The smallest absolute Gasteiger partial charge is 0.336 e. The summed E-state index contributed by atoms with van der Waals surface area (Å²) in [6.07, 6.45) is 2.00. The number of rotatable bonds is 3. The number of nitrogens with zero attached hydrogens (tertiary/aromatic N) is 1. The van der Waals surface area contributed by atoms with Crippen LogP contribution in [-0.2, 0) is 6.54 Å². The Labute approximate surface area is 130 Å². The second kappa shape index (κ2) is 5.28. The van der Waals surface area contributed by atoms with E-state index in [4.69, 9.17) is 0 Å². The summed E-state index contributed by atoms with van der Waals surface area (Å²) >= 11 is 2.20. The molecule has 0 unspecified atom stereocenters. The highest BCUT2D eigenvalue weighted by atomic mass is 127. The predicted octanol–water partition coefficient (Wildman–Crippen LogP) is 3.99. The Morgan fingerprint density at radius 1 is 1.10 bits per heavy atom. The fourth-order valence-corrected chi connectivity index (χ4v) is 3.29. The molecule has 0 fully saturated rings. The van der Waals surface area contributed by atoms with Crippen LogP contribution in [0.15, 0.2) is 54.7 Å². The van der Waals surface area contributed by atoms with Crippen LogP contribution in [0.4, 0.5) is 0 Å². The molecule has 4 heteroatoms. The van der Waals surface area contributed by atoms with Crippen molar-refractivity contribution >= 4 is 39.5 Å².